The molecule has 42 heavy (non-hydrogen) atoms. The molecule has 0 saturated heterocycles. The van der Waals surface area contributed by atoms with Crippen molar-refractivity contribution < 1.29 is 31.4 Å². The summed E-state index contributed by atoms with van der Waals surface area (Å²) in [5, 5.41) is 10.8. The zero-order valence-electron chi connectivity index (χ0n) is 21.5. The van der Waals surface area contributed by atoms with Crippen molar-refractivity contribution in [2.24, 2.45) is 7.05 Å². The Bertz CT molecular complexity index is 1990. The van der Waals surface area contributed by atoms with E-state index in [2.05, 4.69) is 0 Å². The fraction of sp³-hybridized carbons (Fsp3) is 0.138. The monoisotopic (exact) mass is 587 g/mol. The van der Waals surface area contributed by atoms with Crippen LogP contribution in [0, 0.1) is 0 Å². The number of hydrogen-bond acceptors (Lipinski definition) is 4. The Morgan fingerprint density at radius 2 is 1.14 bits per heavy atom. The van der Waals surface area contributed by atoms with Gasteiger partial charge in [-0.2, -0.15) is 26.3 Å². The number of nitrogens with zero attached hydrogens (tertiary/aromatic N) is 3. The van der Waals surface area contributed by atoms with E-state index in [4.69, 9.17) is 0 Å². The summed E-state index contributed by atoms with van der Waals surface area (Å²) in [6.45, 7) is 0. The van der Waals surface area contributed by atoms with E-state index >= 15 is 0 Å². The highest BCUT2D eigenvalue weighted by atomic mass is 19.4. The maximum absolute atomic E-state index is 13.8. The molecule has 0 unspecified atom stereocenters. The number of pyridine rings is 1. The van der Waals surface area contributed by atoms with Crippen molar-refractivity contribution in [3.63, 3.8) is 0 Å². The van der Waals surface area contributed by atoms with E-state index < -0.39 is 57.1 Å². The van der Waals surface area contributed by atoms with Gasteiger partial charge < -0.3 is 5.11 Å². The standard InChI is InChI=1S/C29H19F6N3O4/c1-36-24-22(23(39)21(25(36)40)15-16-5-3-2-4-6-16)26(41)38(20-13-9-18(10-14-20)29(33,34)35)27(42)37(24)19-11-7-17(8-12-19)28(30,31)32/h2-14,39H,15H2,1H3. The summed E-state index contributed by atoms with van der Waals surface area (Å²) < 4.78 is 81.4. The lowest BCUT2D eigenvalue weighted by atomic mass is 10.0. The van der Waals surface area contributed by atoms with Crippen LogP contribution in [0.2, 0.25) is 0 Å². The second-order valence-corrected chi connectivity index (χ2v) is 9.40. The highest BCUT2D eigenvalue weighted by molar-refractivity contribution is 5.84. The predicted octanol–water partition coefficient (Wildman–Crippen LogP) is 5.17. The normalized spacial score (nSPS) is 12.2. The molecule has 0 aliphatic heterocycles. The summed E-state index contributed by atoms with van der Waals surface area (Å²) in [7, 11) is 1.22. The molecule has 2 aromatic heterocycles. The van der Waals surface area contributed by atoms with E-state index in [0.717, 1.165) is 33.4 Å². The van der Waals surface area contributed by atoms with E-state index in [0.29, 0.717) is 34.4 Å². The van der Waals surface area contributed by atoms with Crippen LogP contribution in [0.1, 0.15) is 22.3 Å². The number of rotatable bonds is 4. The highest BCUT2D eigenvalue weighted by Crippen LogP contribution is 2.32. The Kier molecular flexibility index (Phi) is 6.83. The molecule has 0 amide bonds. The number of halogens is 6. The van der Waals surface area contributed by atoms with Crippen LogP contribution in [0.25, 0.3) is 22.4 Å². The number of hydrogen-bond donors (Lipinski definition) is 1. The Morgan fingerprint density at radius 3 is 1.62 bits per heavy atom. The van der Waals surface area contributed by atoms with E-state index in [1.54, 1.807) is 30.3 Å². The van der Waals surface area contributed by atoms with Crippen molar-refractivity contribution in [2.75, 3.05) is 0 Å². The highest BCUT2D eigenvalue weighted by Gasteiger charge is 2.32. The molecule has 2 heterocycles. The molecule has 7 nitrogen and oxygen atoms in total. The average molecular weight is 587 g/mol. The number of benzene rings is 3. The second-order valence-electron chi connectivity index (χ2n) is 9.40. The summed E-state index contributed by atoms with van der Waals surface area (Å²) >= 11 is 0. The van der Waals surface area contributed by atoms with Gasteiger partial charge in [0.25, 0.3) is 11.1 Å². The summed E-state index contributed by atoms with van der Waals surface area (Å²) in [4.78, 5) is 41.0. The fourth-order valence-electron chi connectivity index (χ4n) is 4.69. The molecule has 5 rings (SSSR count). The third-order valence-corrected chi connectivity index (χ3v) is 6.77. The summed E-state index contributed by atoms with van der Waals surface area (Å²) in [6.07, 6.45) is -9.54. The Labute approximate surface area is 231 Å². The molecule has 0 radical (unpaired) electrons. The third-order valence-electron chi connectivity index (χ3n) is 6.77. The van der Waals surface area contributed by atoms with Gasteiger partial charge in [-0.05, 0) is 54.1 Å². The lowest BCUT2D eigenvalue weighted by Crippen LogP contribution is -2.41. The molecule has 0 atom stereocenters. The van der Waals surface area contributed by atoms with Crippen LogP contribution in [0.3, 0.4) is 0 Å². The number of fused-ring (bicyclic) bond motifs is 1. The lowest BCUT2D eigenvalue weighted by molar-refractivity contribution is -0.138. The number of aromatic nitrogens is 3. The van der Waals surface area contributed by atoms with Crippen molar-refractivity contribution >= 4 is 11.0 Å². The van der Waals surface area contributed by atoms with Gasteiger partial charge in [-0.3, -0.25) is 14.2 Å². The summed E-state index contributed by atoms with van der Waals surface area (Å²) in [5.41, 5.74) is -5.77. The zero-order valence-corrected chi connectivity index (χ0v) is 21.5. The molecule has 0 aliphatic carbocycles. The van der Waals surface area contributed by atoms with Gasteiger partial charge >= 0.3 is 18.0 Å². The molecular weight excluding hydrogens is 568 g/mol. The van der Waals surface area contributed by atoms with Crippen molar-refractivity contribution in [2.45, 2.75) is 18.8 Å². The van der Waals surface area contributed by atoms with Crippen LogP contribution in [0.5, 0.6) is 5.75 Å². The van der Waals surface area contributed by atoms with Crippen LogP contribution in [0.15, 0.2) is 93.2 Å². The molecule has 13 heteroatoms. The van der Waals surface area contributed by atoms with Gasteiger partial charge in [-0.25, -0.2) is 13.9 Å². The molecule has 5 aromatic rings. The fourth-order valence-corrected chi connectivity index (χ4v) is 4.69. The number of aryl methyl sites for hydroxylation is 1. The van der Waals surface area contributed by atoms with E-state index in [1.807, 2.05) is 0 Å². The van der Waals surface area contributed by atoms with Gasteiger partial charge in [0.2, 0.25) is 0 Å². The van der Waals surface area contributed by atoms with Crippen molar-refractivity contribution in [1.29, 1.82) is 0 Å². The van der Waals surface area contributed by atoms with Crippen LogP contribution >= 0.6 is 0 Å². The molecule has 0 fully saturated rings. The zero-order chi connectivity index (χ0) is 30.6. The summed E-state index contributed by atoms with van der Waals surface area (Å²) in [5.74, 6) is -0.775. The molecule has 216 valence electrons. The number of alkyl halides is 6. The van der Waals surface area contributed by atoms with Crippen molar-refractivity contribution in [3.05, 3.63) is 132 Å². The van der Waals surface area contributed by atoms with E-state index in [9.17, 15) is 45.8 Å². The molecule has 1 N–H and O–H groups in total. The Hall–Kier alpha value is -5.07. The molecular formula is C29H19F6N3O4. The molecule has 0 spiro atoms. The minimum Gasteiger partial charge on any atom is -0.506 e. The topological polar surface area (TPSA) is 86.2 Å². The van der Waals surface area contributed by atoms with Gasteiger partial charge in [-0.1, -0.05) is 30.3 Å². The smallest absolute Gasteiger partial charge is 0.416 e. The van der Waals surface area contributed by atoms with Gasteiger partial charge in [0.15, 0.2) is 0 Å². The molecule has 0 bridgehead atoms. The first-order valence-electron chi connectivity index (χ1n) is 12.2. The lowest BCUT2D eigenvalue weighted by Gasteiger charge is -2.19. The summed E-state index contributed by atoms with van der Waals surface area (Å²) in [6, 6.07) is 14.7. The van der Waals surface area contributed by atoms with Crippen LogP contribution < -0.4 is 16.8 Å². The molecule has 3 aromatic carbocycles. The number of aromatic hydroxyl groups is 1. The minimum absolute atomic E-state index is 0.117. The second kappa shape index (κ2) is 10.1. The van der Waals surface area contributed by atoms with Gasteiger partial charge in [0.05, 0.1) is 28.1 Å². The maximum atomic E-state index is 13.8. The maximum Gasteiger partial charge on any atom is 0.416 e. The van der Waals surface area contributed by atoms with Gasteiger partial charge in [0, 0.05) is 13.5 Å². The molecule has 0 saturated carbocycles. The third kappa shape index (κ3) is 4.86. The largest absolute Gasteiger partial charge is 0.506 e. The van der Waals surface area contributed by atoms with E-state index in [1.165, 1.54) is 7.05 Å². The first-order valence-corrected chi connectivity index (χ1v) is 12.2. The van der Waals surface area contributed by atoms with Crippen molar-refractivity contribution in [3.8, 4) is 17.1 Å². The van der Waals surface area contributed by atoms with Gasteiger partial charge in [-0.15, -0.1) is 0 Å². The SMILES string of the molecule is Cn1c(=O)c(Cc2ccccc2)c(O)c2c(=O)n(-c3ccc(C(F)(F)F)cc3)c(=O)n(-c3ccc(C(F)(F)F)cc3)c21. The van der Waals surface area contributed by atoms with Gasteiger partial charge in [0.1, 0.15) is 16.8 Å². The quantitative estimate of drug-likeness (QED) is 0.294. The Balaban J connectivity index is 1.89. The molecule has 0 aliphatic rings. The van der Waals surface area contributed by atoms with Crippen LogP contribution in [0.4, 0.5) is 26.3 Å². The minimum atomic E-state index is -4.71. The first kappa shape index (κ1) is 28.5. The predicted molar refractivity (Wildman–Crippen MR) is 141 cm³/mol. The van der Waals surface area contributed by atoms with Crippen LogP contribution in [-0.4, -0.2) is 18.8 Å². The van der Waals surface area contributed by atoms with Crippen LogP contribution in [-0.2, 0) is 25.8 Å². The van der Waals surface area contributed by atoms with E-state index in [-0.39, 0.29) is 23.4 Å². The average Bonchev–Trinajstić information content (AvgIpc) is 2.94. The first-order chi connectivity index (χ1) is 19.7. The Morgan fingerprint density at radius 1 is 0.667 bits per heavy atom. The van der Waals surface area contributed by atoms with Crippen molar-refractivity contribution in [1.82, 2.24) is 13.7 Å².